The zero-order chi connectivity index (χ0) is 16.5. The van der Waals surface area contributed by atoms with Gasteiger partial charge in [-0.2, -0.15) is 0 Å². The summed E-state index contributed by atoms with van der Waals surface area (Å²) in [5.41, 5.74) is -0.115. The lowest BCUT2D eigenvalue weighted by atomic mass is 10.1. The number of amides is 1. The molecule has 0 aliphatic heterocycles. The molecule has 0 bridgehead atoms. The molecule has 0 aromatic heterocycles. The number of aliphatic hydroxyl groups excluding tert-OH is 1. The minimum absolute atomic E-state index is 0.0283. The van der Waals surface area contributed by atoms with Crippen LogP contribution in [0, 0.1) is 0 Å². The topological polar surface area (TPSA) is 99.0 Å². The molecule has 1 atom stereocenters. The van der Waals surface area contributed by atoms with E-state index < -0.39 is 5.91 Å². The van der Waals surface area contributed by atoms with E-state index in [1.165, 1.54) is 12.1 Å². The summed E-state index contributed by atoms with van der Waals surface area (Å²) < 4.78 is 5.67. The Balaban J connectivity index is 2.92. The number of rotatable bonds is 9. The zero-order valence-corrected chi connectivity index (χ0v) is 13.1. The van der Waals surface area contributed by atoms with Crippen LogP contribution in [0.3, 0.4) is 0 Å². The predicted octanol–water partition coefficient (Wildman–Crippen LogP) is 2.17. The molecule has 1 unspecified atom stereocenters. The normalized spacial score (nSPS) is 12.0. The van der Waals surface area contributed by atoms with Crippen LogP contribution in [0.2, 0.25) is 0 Å². The number of hydrogen-bond acceptors (Lipinski definition) is 5. The molecule has 0 radical (unpaired) electrons. The fourth-order valence-electron chi connectivity index (χ4n) is 2.10. The van der Waals surface area contributed by atoms with Crippen molar-refractivity contribution in [3.8, 4) is 17.2 Å². The van der Waals surface area contributed by atoms with Gasteiger partial charge in [0.15, 0.2) is 11.5 Å². The quantitative estimate of drug-likeness (QED) is 0.414. The number of carbonyl (C=O) groups excluding carboxylic acids is 1. The molecule has 0 saturated heterocycles. The molecule has 6 nitrogen and oxygen atoms in total. The van der Waals surface area contributed by atoms with Gasteiger partial charge in [-0.3, -0.25) is 4.79 Å². The lowest BCUT2D eigenvalue weighted by Gasteiger charge is -2.19. The maximum Gasteiger partial charge on any atom is 0.259 e. The van der Waals surface area contributed by atoms with Crippen molar-refractivity contribution >= 4 is 5.91 Å². The number of hydrogen-bond donors (Lipinski definition) is 4. The third-order valence-corrected chi connectivity index (χ3v) is 3.27. The van der Waals surface area contributed by atoms with Gasteiger partial charge in [-0.15, -0.1) is 0 Å². The first kappa shape index (κ1) is 18.1. The molecule has 1 aromatic carbocycles. The molecule has 1 amide bonds. The van der Waals surface area contributed by atoms with Crippen LogP contribution in [0.1, 0.15) is 49.9 Å². The third kappa shape index (κ3) is 5.11. The van der Waals surface area contributed by atoms with Gasteiger partial charge in [0.25, 0.3) is 5.91 Å². The molecule has 0 aliphatic carbocycles. The van der Waals surface area contributed by atoms with E-state index in [0.29, 0.717) is 0 Å². The van der Waals surface area contributed by atoms with E-state index in [1.807, 2.05) is 6.92 Å². The van der Waals surface area contributed by atoms with Crippen molar-refractivity contribution in [3.63, 3.8) is 0 Å². The first-order valence-corrected chi connectivity index (χ1v) is 7.61. The van der Waals surface area contributed by atoms with Gasteiger partial charge in [-0.1, -0.05) is 19.8 Å². The first-order chi connectivity index (χ1) is 10.5. The van der Waals surface area contributed by atoms with Gasteiger partial charge in [-0.25, -0.2) is 0 Å². The average Bonchev–Trinajstić information content (AvgIpc) is 2.49. The van der Waals surface area contributed by atoms with E-state index >= 15 is 0 Å². The van der Waals surface area contributed by atoms with Gasteiger partial charge in [0, 0.05) is 6.54 Å². The second-order valence-electron chi connectivity index (χ2n) is 5.21. The largest absolute Gasteiger partial charge is 0.507 e. The summed E-state index contributed by atoms with van der Waals surface area (Å²) in [5.74, 6) is -1.10. The number of aliphatic hydroxyl groups is 1. The fraction of sp³-hybridized carbons (Fsp3) is 0.562. The molecule has 1 aromatic rings. The highest BCUT2D eigenvalue weighted by Gasteiger charge is 2.22. The van der Waals surface area contributed by atoms with Gasteiger partial charge < -0.3 is 25.4 Å². The highest BCUT2D eigenvalue weighted by Crippen LogP contribution is 2.37. The van der Waals surface area contributed by atoms with Gasteiger partial charge >= 0.3 is 0 Å². The molecular formula is C16H25NO5. The summed E-state index contributed by atoms with van der Waals surface area (Å²) in [5, 5.41) is 31.0. The highest BCUT2D eigenvalue weighted by molar-refractivity contribution is 6.00. The maximum atomic E-state index is 12.1. The Morgan fingerprint density at radius 3 is 2.59 bits per heavy atom. The maximum absolute atomic E-state index is 12.1. The molecule has 4 N–H and O–H groups in total. The number of phenols is 2. The summed E-state index contributed by atoms with van der Waals surface area (Å²) in [7, 11) is 0. The van der Waals surface area contributed by atoms with Gasteiger partial charge in [0.2, 0.25) is 0 Å². The number of unbranched alkanes of at least 4 members (excludes halogenated alkanes) is 2. The van der Waals surface area contributed by atoms with Crippen molar-refractivity contribution < 1.29 is 24.9 Å². The Morgan fingerprint density at radius 2 is 1.95 bits per heavy atom. The first-order valence-electron chi connectivity index (χ1n) is 7.61. The number of carbonyl (C=O) groups is 1. The van der Waals surface area contributed by atoms with Crippen LogP contribution in [0.5, 0.6) is 17.2 Å². The summed E-state index contributed by atoms with van der Waals surface area (Å²) in [6.45, 7) is 3.80. The van der Waals surface area contributed by atoms with Crippen LogP contribution in [-0.4, -0.2) is 40.5 Å². The summed E-state index contributed by atoms with van der Waals surface area (Å²) in [6.07, 6.45) is 3.77. The van der Waals surface area contributed by atoms with Crippen LogP contribution < -0.4 is 10.1 Å². The Labute approximate surface area is 130 Å². The van der Waals surface area contributed by atoms with E-state index in [2.05, 4.69) is 12.2 Å². The molecule has 0 fully saturated rings. The lowest BCUT2D eigenvalue weighted by Crippen LogP contribution is -2.27. The van der Waals surface area contributed by atoms with Crippen LogP contribution >= 0.6 is 0 Å². The van der Waals surface area contributed by atoms with Crippen molar-refractivity contribution in [2.24, 2.45) is 0 Å². The van der Waals surface area contributed by atoms with Crippen molar-refractivity contribution in [2.75, 3.05) is 13.2 Å². The van der Waals surface area contributed by atoms with Gasteiger partial charge in [0.05, 0.1) is 12.7 Å². The zero-order valence-electron chi connectivity index (χ0n) is 13.1. The molecule has 0 saturated carbocycles. The van der Waals surface area contributed by atoms with Gasteiger partial charge in [-0.05, 0) is 31.9 Å². The van der Waals surface area contributed by atoms with Crippen LogP contribution in [-0.2, 0) is 0 Å². The molecule has 0 spiro atoms. The van der Waals surface area contributed by atoms with Crippen molar-refractivity contribution in [1.82, 2.24) is 5.32 Å². The number of aromatic hydroxyl groups is 2. The molecule has 0 heterocycles. The standard InChI is InChI=1S/C16H25NO5/c1-3-4-5-6-11(2)22-15-13(20)8-7-12(19)14(15)16(21)17-9-10-18/h7-8,11,18-20H,3-6,9-10H2,1-2H3,(H,17,21). The second kappa shape index (κ2) is 9.15. The summed E-state index contributed by atoms with van der Waals surface area (Å²) >= 11 is 0. The molecule has 6 heteroatoms. The van der Waals surface area contributed by atoms with Crippen LogP contribution in [0.15, 0.2) is 12.1 Å². The summed E-state index contributed by atoms with van der Waals surface area (Å²) in [4.78, 5) is 12.1. The third-order valence-electron chi connectivity index (χ3n) is 3.27. The number of nitrogens with one attached hydrogen (secondary N) is 1. The minimum atomic E-state index is -0.599. The Hall–Kier alpha value is -1.95. The molecule has 1 rings (SSSR count). The average molecular weight is 311 g/mol. The monoisotopic (exact) mass is 311 g/mol. The van der Waals surface area contributed by atoms with Crippen molar-refractivity contribution in [2.45, 2.75) is 45.6 Å². The van der Waals surface area contributed by atoms with E-state index in [4.69, 9.17) is 9.84 Å². The molecular weight excluding hydrogens is 286 g/mol. The molecule has 22 heavy (non-hydrogen) atoms. The number of benzene rings is 1. The van der Waals surface area contributed by atoms with Crippen molar-refractivity contribution in [3.05, 3.63) is 17.7 Å². The van der Waals surface area contributed by atoms with Crippen LogP contribution in [0.4, 0.5) is 0 Å². The predicted molar refractivity (Wildman–Crippen MR) is 83.4 cm³/mol. The molecule has 0 aliphatic rings. The fourth-order valence-corrected chi connectivity index (χ4v) is 2.10. The van der Waals surface area contributed by atoms with Crippen LogP contribution in [0.25, 0.3) is 0 Å². The SMILES string of the molecule is CCCCCC(C)Oc1c(O)ccc(O)c1C(=O)NCCO. The lowest BCUT2D eigenvalue weighted by molar-refractivity contribution is 0.0933. The Kier molecular flexibility index (Phi) is 7.52. The smallest absolute Gasteiger partial charge is 0.259 e. The van der Waals surface area contributed by atoms with E-state index in [0.717, 1.165) is 25.7 Å². The highest BCUT2D eigenvalue weighted by atomic mass is 16.5. The number of ether oxygens (including phenoxy) is 1. The van der Waals surface area contributed by atoms with E-state index in [9.17, 15) is 15.0 Å². The molecule has 124 valence electrons. The van der Waals surface area contributed by atoms with Gasteiger partial charge in [0.1, 0.15) is 11.3 Å². The van der Waals surface area contributed by atoms with Crippen molar-refractivity contribution in [1.29, 1.82) is 0 Å². The van der Waals surface area contributed by atoms with E-state index in [1.54, 1.807) is 0 Å². The minimum Gasteiger partial charge on any atom is -0.507 e. The second-order valence-corrected chi connectivity index (χ2v) is 5.21. The summed E-state index contributed by atoms with van der Waals surface area (Å²) in [6, 6.07) is 2.52. The number of phenolic OH excluding ortho intramolecular Hbond substituents is 2. The Bertz CT molecular complexity index is 490. The Morgan fingerprint density at radius 1 is 1.27 bits per heavy atom. The van der Waals surface area contributed by atoms with E-state index in [-0.39, 0.29) is 42.1 Å².